The second kappa shape index (κ2) is 14.9. The molecule has 4 N–H and O–H groups in total. The number of rotatable bonds is 13. The molecule has 0 aliphatic carbocycles. The van der Waals surface area contributed by atoms with Gasteiger partial charge < -0.3 is 35.5 Å². The number of fused-ring (bicyclic) bond motifs is 2. The Morgan fingerprint density at radius 3 is 2.48 bits per heavy atom. The summed E-state index contributed by atoms with van der Waals surface area (Å²) in [7, 11) is 0. The Hall–Kier alpha value is -3.62. The van der Waals surface area contributed by atoms with Crippen LogP contribution in [0.2, 0.25) is 0 Å². The summed E-state index contributed by atoms with van der Waals surface area (Å²) in [4.78, 5) is 70.9. The third-order valence-electron chi connectivity index (χ3n) is 8.63. The highest BCUT2D eigenvalue weighted by atomic mass is 32.1. The van der Waals surface area contributed by atoms with Crippen LogP contribution in [0, 0.1) is 23.7 Å². The van der Waals surface area contributed by atoms with Crippen molar-refractivity contribution in [2.75, 3.05) is 19.8 Å². The van der Waals surface area contributed by atoms with Gasteiger partial charge >= 0.3 is 6.09 Å². The maximum absolute atomic E-state index is 13.8. The quantitative estimate of drug-likeness (QED) is 0.236. The van der Waals surface area contributed by atoms with Crippen LogP contribution in [-0.4, -0.2) is 84.9 Å². The number of para-hydroxylation sites is 1. The molecule has 2 aromatic rings. The molecule has 3 saturated heterocycles. The Morgan fingerprint density at radius 2 is 1.78 bits per heavy atom. The van der Waals surface area contributed by atoms with Gasteiger partial charge in [-0.2, -0.15) is 0 Å². The van der Waals surface area contributed by atoms with Gasteiger partial charge in [-0.3, -0.25) is 19.2 Å². The number of carbonyl (C=O) groups excluding carboxylic acids is 5. The van der Waals surface area contributed by atoms with E-state index in [2.05, 4.69) is 26.3 Å². The minimum Gasteiger partial charge on any atom is -0.443 e. The molecule has 7 atom stereocenters. The zero-order chi connectivity index (χ0) is 33.0. The van der Waals surface area contributed by atoms with Crippen molar-refractivity contribution in [2.45, 2.75) is 83.9 Å². The Bertz CT molecular complexity index is 1410. The number of Topliss-reactive ketones (excluding diaryl/α,β-unsaturated/α-hetero) is 1. The molecule has 3 fully saturated rings. The van der Waals surface area contributed by atoms with Gasteiger partial charge in [0.25, 0.3) is 0 Å². The molecule has 3 aliphatic rings. The minimum atomic E-state index is -1.03. The summed E-state index contributed by atoms with van der Waals surface area (Å²) in [6, 6.07) is 4.35. The van der Waals surface area contributed by atoms with Crippen LogP contribution >= 0.6 is 11.3 Å². The number of benzene rings is 1. The first-order valence-corrected chi connectivity index (χ1v) is 16.8. The second-order valence-electron chi connectivity index (χ2n) is 13.0. The van der Waals surface area contributed by atoms with Gasteiger partial charge in [0, 0.05) is 12.5 Å². The first-order chi connectivity index (χ1) is 22.0. The zero-order valence-electron chi connectivity index (χ0n) is 26.6. The topological polar surface area (TPSA) is 174 Å². The largest absolute Gasteiger partial charge is 0.443 e. The smallest absolute Gasteiger partial charge is 0.408 e. The van der Waals surface area contributed by atoms with Crippen molar-refractivity contribution in [3.05, 3.63) is 29.3 Å². The van der Waals surface area contributed by atoms with E-state index in [0.717, 1.165) is 11.1 Å². The van der Waals surface area contributed by atoms with Crippen LogP contribution in [0.4, 0.5) is 4.79 Å². The highest BCUT2D eigenvalue weighted by Crippen LogP contribution is 2.33. The van der Waals surface area contributed by atoms with Gasteiger partial charge in [-0.15, -0.1) is 11.3 Å². The number of ether oxygens (including phenoxy) is 3. The predicted molar refractivity (Wildman–Crippen MR) is 169 cm³/mol. The van der Waals surface area contributed by atoms with Gasteiger partial charge in [0.1, 0.15) is 18.2 Å². The molecule has 1 aromatic heterocycles. The van der Waals surface area contributed by atoms with Gasteiger partial charge in [-0.05, 0) is 49.7 Å². The average Bonchev–Trinajstić information content (AvgIpc) is 3.80. The third-order valence-corrected chi connectivity index (χ3v) is 9.68. The molecule has 3 aliphatic heterocycles. The van der Waals surface area contributed by atoms with E-state index < -0.39 is 48.1 Å². The molecule has 1 aromatic carbocycles. The molecule has 250 valence electrons. The van der Waals surface area contributed by atoms with Crippen LogP contribution in [-0.2, 0) is 28.6 Å². The SMILES string of the molecule is CC(C)C[C@H](NC(=O)[C@@H](NC(=O)OC1COC2OCCC12)C(C)C)C(=O)N[C@@H](C[C@@H]1CCNC1=O)C(=O)c1nc2ccccc2s1. The van der Waals surface area contributed by atoms with Crippen LogP contribution in [0.3, 0.4) is 0 Å². The first-order valence-electron chi connectivity index (χ1n) is 16.0. The van der Waals surface area contributed by atoms with Crippen molar-refractivity contribution in [1.82, 2.24) is 26.3 Å². The number of aromatic nitrogens is 1. The average molecular weight is 658 g/mol. The lowest BCUT2D eigenvalue weighted by Crippen LogP contribution is -2.57. The highest BCUT2D eigenvalue weighted by molar-refractivity contribution is 7.20. The summed E-state index contributed by atoms with van der Waals surface area (Å²) < 4.78 is 17.5. The molecular formula is C32H43N5O8S. The van der Waals surface area contributed by atoms with Crippen LogP contribution in [0.25, 0.3) is 10.2 Å². The van der Waals surface area contributed by atoms with Crippen LogP contribution < -0.4 is 21.3 Å². The fourth-order valence-corrected chi connectivity index (χ4v) is 7.09. The summed E-state index contributed by atoms with van der Waals surface area (Å²) >= 11 is 1.23. The van der Waals surface area contributed by atoms with Crippen LogP contribution in [0.5, 0.6) is 0 Å². The summed E-state index contributed by atoms with van der Waals surface area (Å²) in [5.74, 6) is -2.48. The number of nitrogens with zero attached hydrogens (tertiary/aromatic N) is 1. The summed E-state index contributed by atoms with van der Waals surface area (Å²) in [6.07, 6.45) is 0.0346. The Labute approximate surface area is 271 Å². The standard InChI is InChI=1S/C32H43N5O8S/c1-16(2)13-22(35-29(41)25(17(3)4)37-32(42)45-23-15-44-31-19(23)10-12-43-31)28(40)34-21(14-18-9-11-33-27(18)39)26(38)30-36-20-7-5-6-8-24(20)46-30/h5-8,16-19,21-23,25,31H,9-15H2,1-4H3,(H,33,39)(H,34,40)(H,35,41)(H,37,42)/t18-,19?,21-,22-,23?,25-,31?/m0/s1. The van der Waals surface area contributed by atoms with Gasteiger partial charge in [0.05, 0.1) is 35.4 Å². The summed E-state index contributed by atoms with van der Waals surface area (Å²) in [6.45, 7) is 8.64. The number of carbonyl (C=O) groups is 5. The van der Waals surface area contributed by atoms with E-state index in [1.54, 1.807) is 13.8 Å². The maximum atomic E-state index is 13.8. The molecule has 3 unspecified atom stereocenters. The number of hydrogen-bond acceptors (Lipinski definition) is 10. The first kappa shape index (κ1) is 33.7. The lowest BCUT2D eigenvalue weighted by Gasteiger charge is -2.28. The lowest BCUT2D eigenvalue weighted by molar-refractivity contribution is -0.131. The summed E-state index contributed by atoms with van der Waals surface area (Å²) in [5, 5.41) is 11.3. The van der Waals surface area contributed by atoms with Crippen molar-refractivity contribution in [1.29, 1.82) is 0 Å². The molecule has 14 heteroatoms. The van der Waals surface area contributed by atoms with Gasteiger partial charge in [-0.1, -0.05) is 39.8 Å². The number of ketones is 1. The van der Waals surface area contributed by atoms with Crippen LogP contribution in [0.1, 0.15) is 63.2 Å². The maximum Gasteiger partial charge on any atom is 0.408 e. The van der Waals surface area contributed by atoms with E-state index in [9.17, 15) is 24.0 Å². The molecule has 46 heavy (non-hydrogen) atoms. The molecular weight excluding hydrogens is 614 g/mol. The zero-order valence-corrected chi connectivity index (χ0v) is 27.4. The Morgan fingerprint density at radius 1 is 1.02 bits per heavy atom. The molecule has 0 bridgehead atoms. The minimum absolute atomic E-state index is 0.00874. The van der Waals surface area contributed by atoms with E-state index in [-0.39, 0.29) is 60.2 Å². The normalized spacial score (nSPS) is 24.3. The summed E-state index contributed by atoms with van der Waals surface area (Å²) in [5.41, 5.74) is 0.673. The molecule has 0 radical (unpaired) electrons. The molecule has 4 amide bonds. The van der Waals surface area contributed by atoms with E-state index in [1.807, 2.05) is 38.1 Å². The molecule has 0 saturated carbocycles. The lowest BCUT2D eigenvalue weighted by atomic mass is 9.94. The van der Waals surface area contributed by atoms with Crippen molar-refractivity contribution >= 4 is 51.2 Å². The fraction of sp³-hybridized carbons (Fsp3) is 0.625. The number of thiazole rings is 1. The van der Waals surface area contributed by atoms with E-state index >= 15 is 0 Å². The fourth-order valence-electron chi connectivity index (χ4n) is 6.13. The predicted octanol–water partition coefficient (Wildman–Crippen LogP) is 2.53. The molecule has 4 heterocycles. The molecule has 13 nitrogen and oxygen atoms in total. The molecule has 0 spiro atoms. The monoisotopic (exact) mass is 657 g/mol. The highest BCUT2D eigenvalue weighted by Gasteiger charge is 2.44. The van der Waals surface area contributed by atoms with Crippen molar-refractivity contribution in [3.63, 3.8) is 0 Å². The Balaban J connectivity index is 1.28. The number of hydrogen-bond donors (Lipinski definition) is 4. The number of nitrogens with one attached hydrogen (secondary N) is 4. The molecule has 5 rings (SSSR count). The van der Waals surface area contributed by atoms with E-state index in [0.29, 0.717) is 25.1 Å². The van der Waals surface area contributed by atoms with Gasteiger partial charge in [0.15, 0.2) is 11.3 Å². The number of amides is 4. The van der Waals surface area contributed by atoms with Gasteiger partial charge in [-0.25, -0.2) is 9.78 Å². The van der Waals surface area contributed by atoms with E-state index in [4.69, 9.17) is 14.2 Å². The van der Waals surface area contributed by atoms with Gasteiger partial charge in [0.2, 0.25) is 23.5 Å². The van der Waals surface area contributed by atoms with Crippen molar-refractivity contribution in [3.8, 4) is 0 Å². The van der Waals surface area contributed by atoms with Crippen LogP contribution in [0.15, 0.2) is 24.3 Å². The van der Waals surface area contributed by atoms with Crippen molar-refractivity contribution < 1.29 is 38.2 Å². The Kier molecular flexibility index (Phi) is 10.9. The second-order valence-corrected chi connectivity index (χ2v) is 14.0. The third kappa shape index (κ3) is 8.02. The number of alkyl carbamates (subject to hydrolysis) is 1. The van der Waals surface area contributed by atoms with Crippen molar-refractivity contribution in [2.24, 2.45) is 23.7 Å². The van der Waals surface area contributed by atoms with E-state index in [1.165, 1.54) is 11.3 Å².